The Balaban J connectivity index is 2.19. The minimum absolute atomic E-state index is 0.474. The Morgan fingerprint density at radius 1 is 0.903 bits per heavy atom. The lowest BCUT2D eigenvalue weighted by atomic mass is 10.0. The first-order chi connectivity index (χ1) is 14.8. The number of carbonyl (C=O) groups excluding carboxylic acids is 1. The lowest BCUT2D eigenvalue weighted by Gasteiger charge is -2.31. The highest BCUT2D eigenvalue weighted by molar-refractivity contribution is 7.77. The second-order valence-electron chi connectivity index (χ2n) is 7.93. The van der Waals surface area contributed by atoms with E-state index in [9.17, 15) is 9.36 Å². The van der Waals surface area contributed by atoms with E-state index >= 15 is 0 Å². The molecule has 0 aliphatic rings. The Labute approximate surface area is 184 Å². The molecule has 0 spiro atoms. The van der Waals surface area contributed by atoms with Crippen LogP contribution in [0, 0.1) is 0 Å². The molecule has 31 heavy (non-hydrogen) atoms. The minimum atomic E-state index is -3.40. The molecule has 3 rings (SSSR count). The van der Waals surface area contributed by atoms with Crippen molar-refractivity contribution >= 4 is 35.5 Å². The Kier molecular flexibility index (Phi) is 6.94. The van der Waals surface area contributed by atoms with Crippen LogP contribution < -0.4 is 15.7 Å². The average Bonchev–Trinajstić information content (AvgIpc) is 2.79. The summed E-state index contributed by atoms with van der Waals surface area (Å²) in [7, 11) is -2.07. The molecule has 1 atom stereocenters. The number of benzene rings is 3. The van der Waals surface area contributed by atoms with Crippen molar-refractivity contribution in [3.63, 3.8) is 0 Å². The molecule has 0 aliphatic heterocycles. The molecule has 3 aromatic rings. The van der Waals surface area contributed by atoms with E-state index in [4.69, 9.17) is 4.74 Å². The number of methoxy groups -OCH3 is 1. The van der Waals surface area contributed by atoms with Gasteiger partial charge in [-0.25, -0.2) is 5.09 Å². The molecule has 160 valence electrons. The van der Waals surface area contributed by atoms with Crippen molar-refractivity contribution in [2.75, 3.05) is 7.11 Å². The minimum Gasteiger partial charge on any atom is -0.468 e. The van der Waals surface area contributed by atoms with E-state index in [1.54, 1.807) is 13.8 Å². The van der Waals surface area contributed by atoms with E-state index in [0.29, 0.717) is 10.6 Å². The third-order valence-electron chi connectivity index (χ3n) is 5.10. The molecule has 4 nitrogen and oxygen atoms in total. The molecule has 1 unspecified atom stereocenters. The number of carbonyl (C=O) groups is 1. The molecule has 0 bridgehead atoms. The molecule has 0 amide bonds. The standard InChI is InChI=1S/C26H28NO3P/c1-20(19-21-13-7-5-8-14-21)23-17-11-12-18-24(23)31(29,22-15-9-6-10-16-22)27-26(2,3)25(28)30-4/h5-19H,1-4H3,(H,27,29)/b20-19+. The summed E-state index contributed by atoms with van der Waals surface area (Å²) in [5.74, 6) is -0.474. The van der Waals surface area contributed by atoms with Crippen LogP contribution in [0.5, 0.6) is 0 Å². The van der Waals surface area contributed by atoms with Gasteiger partial charge in [-0.15, -0.1) is 0 Å². The van der Waals surface area contributed by atoms with E-state index in [0.717, 1.165) is 16.7 Å². The van der Waals surface area contributed by atoms with Crippen LogP contribution in [0.1, 0.15) is 31.9 Å². The quantitative estimate of drug-likeness (QED) is 0.323. The van der Waals surface area contributed by atoms with Crippen LogP contribution in [0.3, 0.4) is 0 Å². The van der Waals surface area contributed by atoms with Crippen molar-refractivity contribution in [3.05, 3.63) is 96.1 Å². The van der Waals surface area contributed by atoms with E-state index in [1.165, 1.54) is 7.11 Å². The summed E-state index contributed by atoms with van der Waals surface area (Å²) in [5.41, 5.74) is 1.76. The SMILES string of the molecule is COC(=O)C(C)(C)NP(=O)(c1ccccc1)c1ccccc1/C(C)=C/c1ccccc1. The van der Waals surface area contributed by atoms with Crippen LogP contribution in [-0.2, 0) is 14.1 Å². The second-order valence-corrected chi connectivity index (χ2v) is 10.4. The van der Waals surface area contributed by atoms with Crippen LogP contribution >= 0.6 is 7.29 Å². The summed E-state index contributed by atoms with van der Waals surface area (Å²) in [4.78, 5) is 12.4. The van der Waals surface area contributed by atoms with E-state index in [-0.39, 0.29) is 0 Å². The number of hydrogen-bond donors (Lipinski definition) is 1. The number of esters is 1. The zero-order chi connectivity index (χ0) is 22.5. The predicted molar refractivity (Wildman–Crippen MR) is 129 cm³/mol. The van der Waals surface area contributed by atoms with E-state index in [1.807, 2.05) is 91.9 Å². The Hall–Kier alpha value is -2.94. The van der Waals surface area contributed by atoms with Gasteiger partial charge in [0.25, 0.3) is 0 Å². The molecule has 0 saturated heterocycles. The second kappa shape index (κ2) is 9.47. The van der Waals surface area contributed by atoms with Gasteiger partial charge in [0.15, 0.2) is 0 Å². The van der Waals surface area contributed by atoms with Gasteiger partial charge in [0.05, 0.1) is 7.11 Å². The Bertz CT molecular complexity index is 1120. The molecule has 1 N–H and O–H groups in total. The Morgan fingerprint density at radius 2 is 1.45 bits per heavy atom. The normalized spacial score (nSPS) is 14.0. The zero-order valence-corrected chi connectivity index (χ0v) is 19.2. The zero-order valence-electron chi connectivity index (χ0n) is 18.3. The smallest absolute Gasteiger partial charge is 0.325 e. The first-order valence-corrected chi connectivity index (χ1v) is 11.9. The molecule has 0 radical (unpaired) electrons. The van der Waals surface area contributed by atoms with E-state index in [2.05, 4.69) is 11.2 Å². The summed E-state index contributed by atoms with van der Waals surface area (Å²) in [6, 6.07) is 26.9. The summed E-state index contributed by atoms with van der Waals surface area (Å²) in [6.07, 6.45) is 2.07. The van der Waals surface area contributed by atoms with Crippen molar-refractivity contribution in [1.82, 2.24) is 5.09 Å². The molecular formula is C26H28NO3P. The van der Waals surface area contributed by atoms with Crippen LogP contribution in [0.25, 0.3) is 11.6 Å². The fraction of sp³-hybridized carbons (Fsp3) is 0.192. The van der Waals surface area contributed by atoms with Gasteiger partial charge in [-0.2, -0.15) is 0 Å². The molecule has 0 aromatic heterocycles. The van der Waals surface area contributed by atoms with Gasteiger partial charge >= 0.3 is 5.97 Å². The topological polar surface area (TPSA) is 55.4 Å². The molecule has 0 saturated carbocycles. The summed E-state index contributed by atoms with van der Waals surface area (Å²) in [5, 5.41) is 4.45. The van der Waals surface area contributed by atoms with Crippen LogP contribution in [0.15, 0.2) is 84.9 Å². The third-order valence-corrected chi connectivity index (χ3v) is 8.07. The van der Waals surface area contributed by atoms with Gasteiger partial charge < -0.3 is 4.74 Å². The Morgan fingerprint density at radius 3 is 2.06 bits per heavy atom. The van der Waals surface area contributed by atoms with Gasteiger partial charge in [0.2, 0.25) is 7.29 Å². The van der Waals surface area contributed by atoms with Crippen LogP contribution in [0.2, 0.25) is 0 Å². The fourth-order valence-electron chi connectivity index (χ4n) is 3.55. The lowest BCUT2D eigenvalue weighted by Crippen LogP contribution is -2.49. The first kappa shape index (κ1) is 22.7. The lowest BCUT2D eigenvalue weighted by molar-refractivity contribution is -0.146. The molecular weight excluding hydrogens is 405 g/mol. The van der Waals surface area contributed by atoms with Crippen molar-refractivity contribution < 1.29 is 14.1 Å². The maximum absolute atomic E-state index is 14.7. The van der Waals surface area contributed by atoms with Crippen molar-refractivity contribution in [1.29, 1.82) is 0 Å². The van der Waals surface area contributed by atoms with Gasteiger partial charge in [-0.05, 0) is 55.7 Å². The van der Waals surface area contributed by atoms with Crippen molar-refractivity contribution in [3.8, 4) is 0 Å². The highest BCUT2D eigenvalue weighted by atomic mass is 31.2. The number of ether oxygens (including phenoxy) is 1. The maximum Gasteiger partial charge on any atom is 0.325 e. The van der Waals surface area contributed by atoms with Gasteiger partial charge in [0.1, 0.15) is 5.54 Å². The maximum atomic E-state index is 14.7. The largest absolute Gasteiger partial charge is 0.468 e. The summed E-state index contributed by atoms with van der Waals surface area (Å²) in [6.45, 7) is 5.38. The predicted octanol–water partition coefficient (Wildman–Crippen LogP) is 5.02. The number of rotatable bonds is 7. The van der Waals surface area contributed by atoms with Crippen LogP contribution in [-0.4, -0.2) is 18.6 Å². The molecule has 0 aliphatic carbocycles. The number of allylic oxidation sites excluding steroid dienone is 1. The summed E-state index contributed by atoms with van der Waals surface area (Å²) < 4.78 is 19.6. The summed E-state index contributed by atoms with van der Waals surface area (Å²) >= 11 is 0. The molecule has 3 aromatic carbocycles. The molecule has 0 fully saturated rings. The highest BCUT2D eigenvalue weighted by Crippen LogP contribution is 2.43. The number of hydrogen-bond acceptors (Lipinski definition) is 3. The van der Waals surface area contributed by atoms with Gasteiger partial charge in [-0.1, -0.05) is 72.8 Å². The van der Waals surface area contributed by atoms with Gasteiger partial charge in [-0.3, -0.25) is 9.36 Å². The van der Waals surface area contributed by atoms with Crippen molar-refractivity contribution in [2.24, 2.45) is 0 Å². The molecule has 0 heterocycles. The van der Waals surface area contributed by atoms with E-state index < -0.39 is 18.8 Å². The van der Waals surface area contributed by atoms with Gasteiger partial charge in [0, 0.05) is 10.6 Å². The van der Waals surface area contributed by atoms with Crippen LogP contribution in [0.4, 0.5) is 0 Å². The highest BCUT2D eigenvalue weighted by Gasteiger charge is 2.40. The number of nitrogens with one attached hydrogen (secondary N) is 1. The third kappa shape index (κ3) is 5.04. The first-order valence-electron chi connectivity index (χ1n) is 10.1. The molecule has 5 heteroatoms. The monoisotopic (exact) mass is 433 g/mol. The van der Waals surface area contributed by atoms with Crippen molar-refractivity contribution in [2.45, 2.75) is 26.3 Å². The fourth-order valence-corrected chi connectivity index (χ4v) is 6.44. The average molecular weight is 433 g/mol.